The lowest BCUT2D eigenvalue weighted by Gasteiger charge is -2.33. The van der Waals surface area contributed by atoms with Crippen LogP contribution >= 0.6 is 11.3 Å². The van der Waals surface area contributed by atoms with Gasteiger partial charge in [-0.15, -0.1) is 11.3 Å². The monoisotopic (exact) mass is 428 g/mol. The summed E-state index contributed by atoms with van der Waals surface area (Å²) < 4.78 is 27.1. The number of rotatable bonds is 6. The first-order valence-electron chi connectivity index (χ1n) is 9.56. The predicted octanol–water partition coefficient (Wildman–Crippen LogP) is 3.70. The zero-order valence-corrected chi connectivity index (χ0v) is 17.9. The molecule has 0 aliphatic carbocycles. The van der Waals surface area contributed by atoms with Crippen molar-refractivity contribution in [2.45, 2.75) is 18.4 Å². The van der Waals surface area contributed by atoms with E-state index in [4.69, 9.17) is 0 Å². The molecule has 0 radical (unpaired) electrons. The lowest BCUT2D eigenvalue weighted by Crippen LogP contribution is -2.48. The van der Waals surface area contributed by atoms with E-state index in [0.717, 1.165) is 23.1 Å². The van der Waals surface area contributed by atoms with E-state index >= 15 is 0 Å². The molecule has 1 aliphatic rings. The van der Waals surface area contributed by atoms with E-state index in [1.165, 1.54) is 5.56 Å². The van der Waals surface area contributed by atoms with Gasteiger partial charge in [0.1, 0.15) is 0 Å². The summed E-state index contributed by atoms with van der Waals surface area (Å²) in [5, 5.41) is 6.26. The fraction of sp³-hybridized carbons (Fsp3) is 0.286. The van der Waals surface area contributed by atoms with E-state index in [-0.39, 0.29) is 0 Å². The van der Waals surface area contributed by atoms with E-state index in [1.807, 2.05) is 18.2 Å². The first-order valence-corrected chi connectivity index (χ1v) is 11.9. The van der Waals surface area contributed by atoms with Gasteiger partial charge in [0.25, 0.3) is 0 Å². The van der Waals surface area contributed by atoms with E-state index in [2.05, 4.69) is 39.6 Å². The number of aryl methyl sites for hydroxylation is 1. The van der Waals surface area contributed by atoms with Crippen molar-refractivity contribution in [3.63, 3.8) is 0 Å². The molecule has 0 amide bonds. The number of aromatic nitrogens is 1. The molecule has 6 nitrogen and oxygen atoms in total. The van der Waals surface area contributed by atoms with Crippen LogP contribution in [0.15, 0.2) is 64.9 Å². The van der Waals surface area contributed by atoms with Crippen LogP contribution in [0.25, 0.3) is 0 Å². The summed E-state index contributed by atoms with van der Waals surface area (Å²) in [4.78, 5) is 7.28. The highest BCUT2D eigenvalue weighted by molar-refractivity contribution is 7.89. The Kier molecular flexibility index (Phi) is 5.96. The Morgan fingerprint density at radius 3 is 2.38 bits per heavy atom. The van der Waals surface area contributed by atoms with Gasteiger partial charge in [0.2, 0.25) is 10.0 Å². The summed E-state index contributed by atoms with van der Waals surface area (Å²) in [5.74, 6) is 0. The molecule has 8 heteroatoms. The topological polar surface area (TPSA) is 65.5 Å². The first-order chi connectivity index (χ1) is 14.0. The van der Waals surface area contributed by atoms with Crippen molar-refractivity contribution in [3.8, 4) is 0 Å². The zero-order valence-electron chi connectivity index (χ0n) is 16.3. The van der Waals surface area contributed by atoms with Gasteiger partial charge >= 0.3 is 0 Å². The van der Waals surface area contributed by atoms with Crippen molar-refractivity contribution in [2.24, 2.45) is 0 Å². The lowest BCUT2D eigenvalue weighted by molar-refractivity contribution is 0.180. The van der Waals surface area contributed by atoms with E-state index < -0.39 is 10.0 Å². The summed E-state index contributed by atoms with van der Waals surface area (Å²) in [7, 11) is -3.41. The van der Waals surface area contributed by atoms with Gasteiger partial charge in [-0.05, 0) is 31.2 Å². The van der Waals surface area contributed by atoms with Crippen LogP contribution in [-0.2, 0) is 16.6 Å². The second-order valence-electron chi connectivity index (χ2n) is 7.13. The fourth-order valence-corrected chi connectivity index (χ4v) is 5.46. The third-order valence-electron chi connectivity index (χ3n) is 4.95. The Labute approximate surface area is 175 Å². The molecule has 0 saturated carbocycles. The highest BCUT2D eigenvalue weighted by atomic mass is 32.2. The largest absolute Gasteiger partial charge is 0.332 e. The van der Waals surface area contributed by atoms with Crippen LogP contribution in [0, 0.1) is 6.92 Å². The second kappa shape index (κ2) is 8.62. The molecule has 0 bridgehead atoms. The van der Waals surface area contributed by atoms with Crippen molar-refractivity contribution >= 4 is 32.2 Å². The molecule has 152 valence electrons. The highest BCUT2D eigenvalue weighted by Gasteiger charge is 2.28. The molecule has 4 rings (SSSR count). The minimum absolute atomic E-state index is 0.361. The van der Waals surface area contributed by atoms with E-state index in [9.17, 15) is 8.42 Å². The van der Waals surface area contributed by atoms with Gasteiger partial charge in [0.15, 0.2) is 5.13 Å². The molecule has 1 aromatic heterocycles. The molecular formula is C21H24N4O2S2. The maximum absolute atomic E-state index is 12.7. The van der Waals surface area contributed by atoms with Crippen LogP contribution in [0.5, 0.6) is 0 Å². The molecule has 2 heterocycles. The number of benzene rings is 2. The van der Waals surface area contributed by atoms with Gasteiger partial charge in [-0.25, -0.2) is 13.4 Å². The summed E-state index contributed by atoms with van der Waals surface area (Å²) >= 11 is 1.58. The van der Waals surface area contributed by atoms with Gasteiger partial charge in [0.05, 0.1) is 10.6 Å². The number of nitrogens with one attached hydrogen (secondary N) is 1. The predicted molar refractivity (Wildman–Crippen MR) is 117 cm³/mol. The Morgan fingerprint density at radius 2 is 1.69 bits per heavy atom. The van der Waals surface area contributed by atoms with Crippen molar-refractivity contribution in [1.82, 2.24) is 14.2 Å². The first kappa shape index (κ1) is 20.0. The number of nitrogens with zero attached hydrogens (tertiary/aromatic N) is 3. The van der Waals surface area contributed by atoms with Gasteiger partial charge in [0, 0.05) is 43.8 Å². The van der Waals surface area contributed by atoms with E-state index in [1.54, 1.807) is 39.9 Å². The lowest BCUT2D eigenvalue weighted by atomic mass is 10.2. The number of sulfonamides is 1. The standard InChI is InChI=1S/C21H24N4O2S2/c1-17-7-9-18(10-8-17)22-21-23-19(16-28-21)15-24-11-13-25(14-12-24)29(26,27)20-5-3-2-4-6-20/h2-10,16H,11-15H2,1H3,(H,22,23). The number of hydrogen-bond acceptors (Lipinski definition) is 6. The summed E-state index contributed by atoms with van der Waals surface area (Å²) in [6.45, 7) is 5.18. The molecule has 1 saturated heterocycles. The Hall–Kier alpha value is -2.26. The molecule has 1 aliphatic heterocycles. The Balaban J connectivity index is 1.32. The molecule has 0 atom stereocenters. The fourth-order valence-electron chi connectivity index (χ4n) is 3.30. The zero-order chi connectivity index (χ0) is 20.3. The van der Waals surface area contributed by atoms with Crippen LogP contribution in [-0.4, -0.2) is 48.8 Å². The number of anilines is 2. The molecule has 1 N–H and O–H groups in total. The molecule has 29 heavy (non-hydrogen) atoms. The summed E-state index contributed by atoms with van der Waals surface area (Å²) in [6, 6.07) is 16.9. The minimum atomic E-state index is -3.41. The van der Waals surface area contributed by atoms with Crippen molar-refractivity contribution in [1.29, 1.82) is 0 Å². The third-order valence-corrected chi connectivity index (χ3v) is 7.67. The molecule has 0 unspecified atom stereocenters. The quantitative estimate of drug-likeness (QED) is 0.649. The summed E-state index contributed by atoms with van der Waals surface area (Å²) in [6.07, 6.45) is 0. The normalized spacial score (nSPS) is 16.0. The van der Waals surface area contributed by atoms with Gasteiger partial charge in [-0.2, -0.15) is 4.31 Å². The highest BCUT2D eigenvalue weighted by Crippen LogP contribution is 2.23. The molecule has 2 aromatic carbocycles. The Bertz CT molecular complexity index is 1040. The van der Waals surface area contributed by atoms with Gasteiger partial charge < -0.3 is 5.32 Å². The average molecular weight is 429 g/mol. The van der Waals surface area contributed by atoms with Crippen LogP contribution in [0.4, 0.5) is 10.8 Å². The number of piperazine rings is 1. The second-order valence-corrected chi connectivity index (χ2v) is 9.92. The molecular weight excluding hydrogens is 404 g/mol. The van der Waals surface area contributed by atoms with Crippen LogP contribution in [0.2, 0.25) is 0 Å². The minimum Gasteiger partial charge on any atom is -0.332 e. The molecule has 1 fully saturated rings. The number of thiazole rings is 1. The van der Waals surface area contributed by atoms with Crippen molar-refractivity contribution in [3.05, 3.63) is 71.2 Å². The van der Waals surface area contributed by atoms with Crippen molar-refractivity contribution < 1.29 is 8.42 Å². The van der Waals surface area contributed by atoms with Crippen molar-refractivity contribution in [2.75, 3.05) is 31.5 Å². The maximum Gasteiger partial charge on any atom is 0.243 e. The summed E-state index contributed by atoms with van der Waals surface area (Å²) in [5.41, 5.74) is 3.25. The molecule has 3 aromatic rings. The average Bonchev–Trinajstić information content (AvgIpc) is 3.17. The smallest absolute Gasteiger partial charge is 0.243 e. The van der Waals surface area contributed by atoms with Crippen LogP contribution in [0.1, 0.15) is 11.3 Å². The number of hydrogen-bond donors (Lipinski definition) is 1. The van der Waals surface area contributed by atoms with E-state index in [0.29, 0.717) is 31.1 Å². The van der Waals surface area contributed by atoms with Crippen LogP contribution < -0.4 is 5.32 Å². The SMILES string of the molecule is Cc1ccc(Nc2nc(CN3CCN(S(=O)(=O)c4ccccc4)CC3)cs2)cc1. The molecule has 0 spiro atoms. The van der Waals surface area contributed by atoms with Gasteiger partial charge in [-0.3, -0.25) is 4.90 Å². The third kappa shape index (κ3) is 4.84. The Morgan fingerprint density at radius 1 is 1.00 bits per heavy atom. The van der Waals surface area contributed by atoms with Gasteiger partial charge in [-0.1, -0.05) is 35.9 Å². The van der Waals surface area contributed by atoms with Crippen LogP contribution in [0.3, 0.4) is 0 Å². The maximum atomic E-state index is 12.7.